The fourth-order valence-electron chi connectivity index (χ4n) is 1.01. The minimum Gasteiger partial charge on any atom is -0.281 e. The number of hydrogen-bond donors (Lipinski definition) is 1. The summed E-state index contributed by atoms with van der Waals surface area (Å²) in [6, 6.07) is 1.59. The fraction of sp³-hybridized carbons (Fsp3) is 0.167. The van der Waals surface area contributed by atoms with E-state index in [0.717, 1.165) is 12.2 Å². The molecular weight excluding hydrogens is 116 g/mol. The maximum Gasteiger partial charge on any atom is 0.264 e. The first-order valence-corrected chi connectivity index (χ1v) is 2.83. The van der Waals surface area contributed by atoms with Crippen molar-refractivity contribution in [2.24, 2.45) is 0 Å². The molecule has 2 heterocycles. The lowest BCUT2D eigenvalue weighted by atomic mass is 10.4. The van der Waals surface area contributed by atoms with Crippen LogP contribution in [0.3, 0.4) is 0 Å². The maximum absolute atomic E-state index is 10.6. The summed E-state index contributed by atoms with van der Waals surface area (Å²) in [5.41, 5.74) is 0.953. The van der Waals surface area contributed by atoms with Gasteiger partial charge < -0.3 is 0 Å². The maximum atomic E-state index is 10.6. The van der Waals surface area contributed by atoms with Crippen LogP contribution < -0.4 is 5.56 Å². The number of fused-ring (bicyclic) bond motifs is 1. The standard InChI is InChI=1S/C6H6N2O/c9-6-4-5-2-1-3-8(5)7-6/h1-2,4H,3H2,(H,7,9). The Balaban J connectivity index is 2.75. The number of hydrogen-bond acceptors (Lipinski definition) is 1. The summed E-state index contributed by atoms with van der Waals surface area (Å²) >= 11 is 0. The number of allylic oxidation sites excluding steroid dienone is 1. The van der Waals surface area contributed by atoms with E-state index in [2.05, 4.69) is 5.10 Å². The molecule has 2 rings (SSSR count). The van der Waals surface area contributed by atoms with Gasteiger partial charge >= 0.3 is 0 Å². The van der Waals surface area contributed by atoms with Crippen molar-refractivity contribution in [3.05, 3.63) is 28.2 Å². The molecule has 0 saturated heterocycles. The molecule has 9 heavy (non-hydrogen) atoms. The monoisotopic (exact) mass is 122 g/mol. The van der Waals surface area contributed by atoms with Gasteiger partial charge in [0, 0.05) is 6.07 Å². The first kappa shape index (κ1) is 4.61. The topological polar surface area (TPSA) is 37.8 Å². The Morgan fingerprint density at radius 3 is 3.33 bits per heavy atom. The zero-order valence-electron chi connectivity index (χ0n) is 4.79. The van der Waals surface area contributed by atoms with Crippen LogP contribution in [0.4, 0.5) is 0 Å². The Morgan fingerprint density at radius 1 is 1.67 bits per heavy atom. The second kappa shape index (κ2) is 1.37. The van der Waals surface area contributed by atoms with Gasteiger partial charge in [-0.05, 0) is 6.08 Å². The molecule has 0 aromatic carbocycles. The lowest BCUT2D eigenvalue weighted by Crippen LogP contribution is -2.02. The number of nitrogens with zero attached hydrogens (tertiary/aromatic N) is 1. The molecule has 3 heteroatoms. The van der Waals surface area contributed by atoms with Crippen molar-refractivity contribution in [3.8, 4) is 0 Å². The Labute approximate surface area is 51.6 Å². The molecule has 0 bridgehead atoms. The number of rotatable bonds is 0. The highest BCUT2D eigenvalue weighted by Crippen LogP contribution is 2.05. The Kier molecular flexibility index (Phi) is 0.704. The lowest BCUT2D eigenvalue weighted by molar-refractivity contribution is 0.704. The smallest absolute Gasteiger partial charge is 0.264 e. The molecule has 0 atom stereocenters. The molecule has 46 valence electrons. The summed E-state index contributed by atoms with van der Waals surface area (Å²) in [4.78, 5) is 10.6. The molecule has 1 aliphatic rings. The van der Waals surface area contributed by atoms with Gasteiger partial charge in [-0.15, -0.1) is 0 Å². The molecule has 1 N–H and O–H groups in total. The zero-order chi connectivity index (χ0) is 6.27. The van der Waals surface area contributed by atoms with Crippen molar-refractivity contribution >= 4 is 6.08 Å². The van der Waals surface area contributed by atoms with Crippen molar-refractivity contribution in [2.75, 3.05) is 0 Å². The lowest BCUT2D eigenvalue weighted by Gasteiger charge is -1.90. The van der Waals surface area contributed by atoms with Crippen LogP contribution in [0.5, 0.6) is 0 Å². The van der Waals surface area contributed by atoms with Crippen LogP contribution >= 0.6 is 0 Å². The van der Waals surface area contributed by atoms with E-state index >= 15 is 0 Å². The second-order valence-corrected chi connectivity index (χ2v) is 2.06. The van der Waals surface area contributed by atoms with E-state index in [0.29, 0.717) is 0 Å². The van der Waals surface area contributed by atoms with Crippen molar-refractivity contribution in [1.29, 1.82) is 0 Å². The highest BCUT2D eigenvalue weighted by atomic mass is 16.1. The van der Waals surface area contributed by atoms with E-state index in [4.69, 9.17) is 0 Å². The summed E-state index contributed by atoms with van der Waals surface area (Å²) in [6.07, 6.45) is 3.93. The van der Waals surface area contributed by atoms with E-state index < -0.39 is 0 Å². The van der Waals surface area contributed by atoms with Gasteiger partial charge in [0.15, 0.2) is 0 Å². The molecule has 0 saturated carbocycles. The fourth-order valence-corrected chi connectivity index (χ4v) is 1.01. The largest absolute Gasteiger partial charge is 0.281 e. The zero-order valence-corrected chi connectivity index (χ0v) is 4.79. The Hall–Kier alpha value is -1.25. The predicted molar refractivity (Wildman–Crippen MR) is 34.1 cm³/mol. The molecule has 0 fully saturated rings. The first-order chi connectivity index (χ1) is 4.36. The predicted octanol–water partition coefficient (Wildman–Crippen LogP) is 0.203. The summed E-state index contributed by atoms with van der Waals surface area (Å²) < 4.78 is 1.81. The number of nitrogens with one attached hydrogen (secondary N) is 1. The molecule has 0 spiro atoms. The van der Waals surface area contributed by atoms with Gasteiger partial charge in [0.05, 0.1) is 12.2 Å². The van der Waals surface area contributed by atoms with Crippen molar-refractivity contribution in [3.63, 3.8) is 0 Å². The van der Waals surface area contributed by atoms with Gasteiger partial charge in [0.2, 0.25) is 0 Å². The van der Waals surface area contributed by atoms with E-state index in [1.54, 1.807) is 6.07 Å². The number of H-pyrrole nitrogens is 1. The van der Waals surface area contributed by atoms with Crippen LogP contribution in [-0.2, 0) is 6.54 Å². The highest BCUT2D eigenvalue weighted by molar-refractivity contribution is 5.47. The number of aromatic amines is 1. The molecular formula is C6H6N2O. The Bertz CT molecular complexity index is 305. The molecule has 0 unspecified atom stereocenters. The van der Waals surface area contributed by atoms with Crippen molar-refractivity contribution in [1.82, 2.24) is 9.78 Å². The molecule has 0 radical (unpaired) electrons. The average molecular weight is 122 g/mol. The average Bonchev–Trinajstić information content (AvgIpc) is 2.22. The van der Waals surface area contributed by atoms with Crippen LogP contribution in [0.2, 0.25) is 0 Å². The normalized spacial score (nSPS) is 14.2. The van der Waals surface area contributed by atoms with Gasteiger partial charge in [0.1, 0.15) is 0 Å². The van der Waals surface area contributed by atoms with E-state index in [9.17, 15) is 4.79 Å². The third-order valence-corrected chi connectivity index (χ3v) is 1.41. The SMILES string of the molecule is O=c1cc2n([nH]1)CC=C2. The molecule has 1 aliphatic heterocycles. The van der Waals surface area contributed by atoms with E-state index in [1.165, 1.54) is 0 Å². The van der Waals surface area contributed by atoms with Crippen LogP contribution in [0.25, 0.3) is 6.08 Å². The summed E-state index contributed by atoms with van der Waals surface area (Å²) in [5.74, 6) is 0. The minimum atomic E-state index is -0.0191. The van der Waals surface area contributed by atoms with Crippen molar-refractivity contribution < 1.29 is 0 Å². The van der Waals surface area contributed by atoms with Crippen LogP contribution in [0.1, 0.15) is 5.69 Å². The molecule has 0 aliphatic carbocycles. The molecule has 1 aromatic rings. The highest BCUT2D eigenvalue weighted by Gasteiger charge is 2.02. The summed E-state index contributed by atoms with van der Waals surface area (Å²) in [5, 5.41) is 2.66. The Morgan fingerprint density at radius 2 is 2.56 bits per heavy atom. The van der Waals surface area contributed by atoms with Gasteiger partial charge in [-0.3, -0.25) is 14.6 Å². The van der Waals surface area contributed by atoms with Crippen LogP contribution in [0, 0.1) is 0 Å². The van der Waals surface area contributed by atoms with Gasteiger partial charge in [-0.1, -0.05) is 6.08 Å². The molecule has 3 nitrogen and oxygen atoms in total. The molecule has 0 amide bonds. The third kappa shape index (κ3) is 0.543. The summed E-state index contributed by atoms with van der Waals surface area (Å²) in [6.45, 7) is 0.803. The number of aromatic nitrogens is 2. The summed E-state index contributed by atoms with van der Waals surface area (Å²) in [7, 11) is 0. The minimum absolute atomic E-state index is 0.0191. The van der Waals surface area contributed by atoms with E-state index in [-0.39, 0.29) is 5.56 Å². The second-order valence-electron chi connectivity index (χ2n) is 2.06. The van der Waals surface area contributed by atoms with Gasteiger partial charge in [0.25, 0.3) is 5.56 Å². The van der Waals surface area contributed by atoms with Gasteiger partial charge in [-0.2, -0.15) is 0 Å². The molecule has 1 aromatic heterocycles. The van der Waals surface area contributed by atoms with Crippen LogP contribution in [-0.4, -0.2) is 9.78 Å². The van der Waals surface area contributed by atoms with Gasteiger partial charge in [-0.25, -0.2) is 0 Å². The first-order valence-electron chi connectivity index (χ1n) is 2.83. The quantitative estimate of drug-likeness (QED) is 0.524. The third-order valence-electron chi connectivity index (χ3n) is 1.41. The van der Waals surface area contributed by atoms with Crippen molar-refractivity contribution in [2.45, 2.75) is 6.54 Å². The van der Waals surface area contributed by atoms with Crippen LogP contribution in [0.15, 0.2) is 16.9 Å². The van der Waals surface area contributed by atoms with E-state index in [1.807, 2.05) is 16.8 Å².